The minimum absolute atomic E-state index is 0.0312. The topological polar surface area (TPSA) is 55.8 Å². The molecule has 2 aliphatic carbocycles. The molecular weight excluding hydrogens is 450 g/mol. The lowest BCUT2D eigenvalue weighted by atomic mass is 9.49. The van der Waals surface area contributed by atoms with Crippen molar-refractivity contribution in [3.63, 3.8) is 0 Å². The maximum absolute atomic E-state index is 13.6. The summed E-state index contributed by atoms with van der Waals surface area (Å²) in [6.45, 7) is 11.4. The van der Waals surface area contributed by atoms with Gasteiger partial charge in [-0.3, -0.25) is 9.69 Å². The average Bonchev–Trinajstić information content (AvgIpc) is 3.22. The largest absolute Gasteiger partial charge is 0.461 e. The molecule has 192 valence electrons. The minimum atomic E-state index is -0.542. The molecule has 1 heterocycles. The second kappa shape index (κ2) is 9.24. The van der Waals surface area contributed by atoms with Crippen molar-refractivity contribution < 1.29 is 19.1 Å². The number of esters is 1. The van der Waals surface area contributed by atoms with E-state index in [1.165, 1.54) is 16.7 Å². The van der Waals surface area contributed by atoms with Crippen molar-refractivity contribution in [3.8, 4) is 0 Å². The van der Waals surface area contributed by atoms with Crippen LogP contribution in [0.4, 0.5) is 10.5 Å². The van der Waals surface area contributed by atoms with Gasteiger partial charge in [-0.05, 0) is 85.1 Å². The van der Waals surface area contributed by atoms with Crippen LogP contribution in [0.15, 0.2) is 42.5 Å². The van der Waals surface area contributed by atoms with E-state index in [1.54, 1.807) is 4.90 Å². The molecule has 4 atom stereocenters. The van der Waals surface area contributed by atoms with Gasteiger partial charge in [-0.15, -0.1) is 0 Å². The summed E-state index contributed by atoms with van der Waals surface area (Å²) in [6.07, 6.45) is 4.10. The molecule has 2 aromatic rings. The van der Waals surface area contributed by atoms with Crippen LogP contribution in [0.2, 0.25) is 0 Å². The Labute approximate surface area is 215 Å². The highest BCUT2D eigenvalue weighted by molar-refractivity contribution is 5.90. The number of para-hydroxylation sites is 1. The Kier molecular flexibility index (Phi) is 6.38. The van der Waals surface area contributed by atoms with E-state index in [2.05, 4.69) is 45.9 Å². The van der Waals surface area contributed by atoms with Gasteiger partial charge < -0.3 is 9.47 Å². The molecule has 1 saturated carbocycles. The van der Waals surface area contributed by atoms with Crippen molar-refractivity contribution in [2.24, 2.45) is 11.3 Å². The highest BCUT2D eigenvalue weighted by atomic mass is 16.6. The van der Waals surface area contributed by atoms with Crippen LogP contribution in [-0.4, -0.2) is 31.3 Å². The summed E-state index contributed by atoms with van der Waals surface area (Å²) in [5, 5.41) is 0. The molecule has 2 fully saturated rings. The van der Waals surface area contributed by atoms with Gasteiger partial charge in [-0.2, -0.15) is 0 Å². The van der Waals surface area contributed by atoms with E-state index in [9.17, 15) is 9.59 Å². The molecule has 5 rings (SSSR count). The SMILES string of the molecule is Cc1ccccc1N1CC(COC(=O)[C@]2(C)CCC[C@]3(C)c4ccc(C(C)C)cc4CCC23)OC1=O. The summed E-state index contributed by atoms with van der Waals surface area (Å²) < 4.78 is 11.5. The number of amides is 1. The van der Waals surface area contributed by atoms with Crippen LogP contribution in [0.25, 0.3) is 0 Å². The fourth-order valence-corrected chi connectivity index (χ4v) is 7.12. The number of aryl methyl sites for hydroxylation is 2. The van der Waals surface area contributed by atoms with Crippen molar-refractivity contribution in [3.05, 3.63) is 64.7 Å². The van der Waals surface area contributed by atoms with Crippen LogP contribution in [0.3, 0.4) is 0 Å². The number of ether oxygens (including phenoxy) is 2. The number of nitrogens with zero attached hydrogens (tertiary/aromatic N) is 1. The van der Waals surface area contributed by atoms with Crippen molar-refractivity contribution in [1.29, 1.82) is 0 Å². The second-order valence-electron chi connectivity index (χ2n) is 11.9. The van der Waals surface area contributed by atoms with Crippen molar-refractivity contribution >= 4 is 17.7 Å². The van der Waals surface area contributed by atoms with Gasteiger partial charge >= 0.3 is 12.1 Å². The molecule has 1 saturated heterocycles. The standard InChI is InChI=1S/C31H39NO4/c1-20(2)22-11-13-25-23(17-22)12-14-27-30(25,4)15-8-16-31(27,5)28(33)35-19-24-18-32(29(34)36-24)26-10-7-6-9-21(26)3/h6-7,9-11,13,17,20,24,27H,8,12,14-16,18-19H2,1-5H3/t24?,27?,30-,31-/m1/s1. The maximum Gasteiger partial charge on any atom is 0.414 e. The first-order valence-electron chi connectivity index (χ1n) is 13.5. The second-order valence-corrected chi connectivity index (χ2v) is 11.9. The lowest BCUT2D eigenvalue weighted by molar-refractivity contribution is -0.166. The highest BCUT2D eigenvalue weighted by Gasteiger charge is 2.56. The Morgan fingerprint density at radius 2 is 1.94 bits per heavy atom. The fraction of sp³-hybridized carbons (Fsp3) is 0.548. The Morgan fingerprint density at radius 3 is 2.69 bits per heavy atom. The lowest BCUT2D eigenvalue weighted by Gasteiger charge is -2.54. The van der Waals surface area contributed by atoms with Gasteiger partial charge in [0.2, 0.25) is 0 Å². The predicted molar refractivity (Wildman–Crippen MR) is 141 cm³/mol. The molecule has 2 unspecified atom stereocenters. The van der Waals surface area contributed by atoms with Gasteiger partial charge in [0.25, 0.3) is 0 Å². The zero-order valence-electron chi connectivity index (χ0n) is 22.3. The van der Waals surface area contributed by atoms with E-state index in [1.807, 2.05) is 31.2 Å². The first-order valence-corrected chi connectivity index (χ1v) is 13.5. The van der Waals surface area contributed by atoms with Crippen LogP contribution in [0.1, 0.15) is 81.5 Å². The van der Waals surface area contributed by atoms with Crippen molar-refractivity contribution in [1.82, 2.24) is 0 Å². The Hall–Kier alpha value is -2.82. The molecule has 0 N–H and O–H groups in total. The van der Waals surface area contributed by atoms with Gasteiger partial charge in [-0.1, -0.05) is 63.6 Å². The molecule has 36 heavy (non-hydrogen) atoms. The summed E-state index contributed by atoms with van der Waals surface area (Å²) in [6, 6.07) is 14.7. The number of fused-ring (bicyclic) bond motifs is 3. The van der Waals surface area contributed by atoms with Gasteiger partial charge in [0.1, 0.15) is 6.61 Å². The van der Waals surface area contributed by atoms with Crippen LogP contribution in [0, 0.1) is 18.3 Å². The van der Waals surface area contributed by atoms with E-state index in [0.29, 0.717) is 12.5 Å². The third-order valence-electron chi connectivity index (χ3n) is 9.19. The first-order chi connectivity index (χ1) is 17.1. The molecule has 3 aliphatic rings. The zero-order chi connectivity index (χ0) is 25.7. The predicted octanol–water partition coefficient (Wildman–Crippen LogP) is 6.70. The smallest absolute Gasteiger partial charge is 0.414 e. The van der Waals surface area contributed by atoms with Crippen LogP contribution < -0.4 is 4.90 Å². The molecule has 2 aromatic carbocycles. The molecular formula is C31H39NO4. The van der Waals surface area contributed by atoms with Crippen LogP contribution in [-0.2, 0) is 26.1 Å². The quantitative estimate of drug-likeness (QED) is 0.439. The molecule has 1 amide bonds. The van der Waals surface area contributed by atoms with Crippen LogP contribution >= 0.6 is 0 Å². The molecule has 0 aromatic heterocycles. The summed E-state index contributed by atoms with van der Waals surface area (Å²) in [7, 11) is 0. The number of benzene rings is 2. The summed E-state index contributed by atoms with van der Waals surface area (Å²) in [5.41, 5.74) is 5.54. The number of rotatable bonds is 5. The number of hydrogen-bond acceptors (Lipinski definition) is 4. The van der Waals surface area contributed by atoms with E-state index in [4.69, 9.17) is 9.47 Å². The van der Waals surface area contributed by atoms with E-state index in [-0.39, 0.29) is 30.0 Å². The lowest BCUT2D eigenvalue weighted by Crippen LogP contribution is -2.53. The molecule has 0 radical (unpaired) electrons. The van der Waals surface area contributed by atoms with Gasteiger partial charge in [-0.25, -0.2) is 4.79 Å². The summed E-state index contributed by atoms with van der Waals surface area (Å²) in [5.74, 6) is 0.600. The molecule has 0 bridgehead atoms. The van der Waals surface area contributed by atoms with E-state index in [0.717, 1.165) is 43.4 Å². The van der Waals surface area contributed by atoms with Crippen molar-refractivity contribution in [2.45, 2.75) is 84.2 Å². The monoisotopic (exact) mass is 489 g/mol. The van der Waals surface area contributed by atoms with Gasteiger partial charge in [0.05, 0.1) is 17.6 Å². The Balaban J connectivity index is 1.29. The number of cyclic esters (lactones) is 1. The number of carbonyl (C=O) groups is 2. The van der Waals surface area contributed by atoms with E-state index < -0.39 is 11.5 Å². The zero-order valence-corrected chi connectivity index (χ0v) is 22.3. The molecule has 5 heteroatoms. The fourth-order valence-electron chi connectivity index (χ4n) is 7.12. The first kappa shape index (κ1) is 24.9. The summed E-state index contributed by atoms with van der Waals surface area (Å²) >= 11 is 0. The maximum atomic E-state index is 13.6. The van der Waals surface area contributed by atoms with Crippen molar-refractivity contribution in [2.75, 3.05) is 18.1 Å². The Bertz CT molecular complexity index is 1170. The Morgan fingerprint density at radius 1 is 1.17 bits per heavy atom. The minimum Gasteiger partial charge on any atom is -0.461 e. The van der Waals surface area contributed by atoms with Crippen LogP contribution in [0.5, 0.6) is 0 Å². The molecule has 1 aliphatic heterocycles. The third kappa shape index (κ3) is 4.10. The van der Waals surface area contributed by atoms with E-state index >= 15 is 0 Å². The number of anilines is 1. The normalized spacial score (nSPS) is 29.5. The summed E-state index contributed by atoms with van der Waals surface area (Å²) in [4.78, 5) is 27.8. The average molecular weight is 490 g/mol. The third-order valence-corrected chi connectivity index (χ3v) is 9.19. The van der Waals surface area contributed by atoms with Gasteiger partial charge in [0, 0.05) is 0 Å². The van der Waals surface area contributed by atoms with Gasteiger partial charge in [0.15, 0.2) is 6.10 Å². The number of hydrogen-bond donors (Lipinski definition) is 0. The number of carbonyl (C=O) groups excluding carboxylic acids is 2. The molecule has 0 spiro atoms. The molecule has 5 nitrogen and oxygen atoms in total. The highest BCUT2D eigenvalue weighted by Crippen LogP contribution is 2.57.